The Bertz CT molecular complexity index is 1010. The molecular weight excluding hydrogens is 673 g/mol. The van der Waals surface area contributed by atoms with Crippen LogP contribution in [0.2, 0.25) is 0 Å². The highest BCUT2D eigenvalue weighted by atomic mass is 16.6. The molecule has 6 heteroatoms. The number of esters is 3. The van der Waals surface area contributed by atoms with Crippen LogP contribution < -0.4 is 0 Å². The summed E-state index contributed by atoms with van der Waals surface area (Å²) in [7, 11) is 0. The minimum atomic E-state index is -0.810. The highest BCUT2D eigenvalue weighted by molar-refractivity contribution is 5.71. The Morgan fingerprint density at radius 3 is 1.20 bits per heavy atom. The standard InChI is InChI=1S/C48H82O6/c1-4-7-10-13-16-19-21-23-24-26-27-29-32-35-38-41-47(50)53-44-45(43-52-46(49)40-37-34-31-18-15-12-9-6-3)54-48(51)42-39-36-33-30-28-25-22-20-17-14-11-8-5-2/h8,11,17,20,23-25,28,33,36,45H,4-7,9-10,12-16,18-19,21-22,26-27,29-32,34-35,37-44H2,1-3H3/b11-8-,20-17-,24-23-,28-25-,36-33-. The van der Waals surface area contributed by atoms with E-state index in [0.29, 0.717) is 19.3 Å². The third kappa shape index (κ3) is 40.3. The minimum Gasteiger partial charge on any atom is -0.462 e. The van der Waals surface area contributed by atoms with Crippen molar-refractivity contribution in [3.05, 3.63) is 60.8 Å². The maximum absolute atomic E-state index is 12.6. The summed E-state index contributed by atoms with van der Waals surface area (Å²) in [5, 5.41) is 0. The van der Waals surface area contributed by atoms with Crippen LogP contribution in [-0.2, 0) is 28.6 Å². The van der Waals surface area contributed by atoms with E-state index >= 15 is 0 Å². The molecule has 0 fully saturated rings. The molecule has 0 spiro atoms. The van der Waals surface area contributed by atoms with Gasteiger partial charge in [-0.25, -0.2) is 0 Å². The zero-order valence-corrected chi connectivity index (χ0v) is 35.2. The lowest BCUT2D eigenvalue weighted by atomic mass is 10.1. The Kier molecular flexibility index (Phi) is 40.6. The lowest BCUT2D eigenvalue weighted by molar-refractivity contribution is -0.166. The van der Waals surface area contributed by atoms with Crippen molar-refractivity contribution in [1.82, 2.24) is 0 Å². The van der Waals surface area contributed by atoms with E-state index in [-0.39, 0.29) is 31.6 Å². The first kappa shape index (κ1) is 51.1. The van der Waals surface area contributed by atoms with Gasteiger partial charge in [0.15, 0.2) is 6.10 Å². The Morgan fingerprint density at radius 1 is 0.389 bits per heavy atom. The quantitative estimate of drug-likeness (QED) is 0.0269. The summed E-state index contributed by atoms with van der Waals surface area (Å²) in [5.41, 5.74) is 0. The van der Waals surface area contributed by atoms with Gasteiger partial charge in [-0.05, 0) is 70.6 Å². The number of carbonyl (C=O) groups is 3. The van der Waals surface area contributed by atoms with Gasteiger partial charge < -0.3 is 14.2 Å². The van der Waals surface area contributed by atoms with Crippen LogP contribution in [0.25, 0.3) is 0 Å². The molecule has 0 aliphatic heterocycles. The summed E-state index contributed by atoms with van der Waals surface area (Å²) in [6.45, 7) is 6.40. The van der Waals surface area contributed by atoms with Crippen LogP contribution in [0.4, 0.5) is 0 Å². The summed E-state index contributed by atoms with van der Waals surface area (Å²) in [5.74, 6) is -1.00. The number of hydrogen-bond donors (Lipinski definition) is 0. The molecule has 1 atom stereocenters. The van der Waals surface area contributed by atoms with Crippen LogP contribution in [0.1, 0.15) is 207 Å². The predicted octanol–water partition coefficient (Wildman–Crippen LogP) is 14.1. The molecule has 0 aromatic heterocycles. The largest absolute Gasteiger partial charge is 0.462 e. The fraction of sp³-hybridized carbons (Fsp3) is 0.729. The van der Waals surface area contributed by atoms with E-state index in [1.807, 2.05) is 12.2 Å². The van der Waals surface area contributed by atoms with E-state index in [1.54, 1.807) is 0 Å². The molecule has 0 bridgehead atoms. The van der Waals surface area contributed by atoms with Crippen molar-refractivity contribution in [3.8, 4) is 0 Å². The van der Waals surface area contributed by atoms with E-state index in [9.17, 15) is 14.4 Å². The third-order valence-corrected chi connectivity index (χ3v) is 9.27. The van der Waals surface area contributed by atoms with Gasteiger partial charge in [-0.2, -0.15) is 0 Å². The number of carbonyl (C=O) groups excluding carboxylic acids is 3. The Labute approximate surface area is 332 Å². The van der Waals surface area contributed by atoms with Gasteiger partial charge in [0.05, 0.1) is 0 Å². The molecule has 0 aliphatic rings. The fourth-order valence-corrected chi connectivity index (χ4v) is 5.92. The van der Waals surface area contributed by atoms with Crippen molar-refractivity contribution in [2.24, 2.45) is 0 Å². The molecule has 6 nitrogen and oxygen atoms in total. The third-order valence-electron chi connectivity index (χ3n) is 9.27. The molecule has 54 heavy (non-hydrogen) atoms. The first-order valence-electron chi connectivity index (χ1n) is 22.3. The Hall–Kier alpha value is -2.89. The van der Waals surface area contributed by atoms with Crippen LogP contribution in [0.5, 0.6) is 0 Å². The van der Waals surface area contributed by atoms with E-state index in [4.69, 9.17) is 14.2 Å². The van der Waals surface area contributed by atoms with Gasteiger partial charge in [-0.1, -0.05) is 178 Å². The summed E-state index contributed by atoms with van der Waals surface area (Å²) in [6.07, 6.45) is 50.8. The molecule has 310 valence electrons. The predicted molar refractivity (Wildman–Crippen MR) is 228 cm³/mol. The highest BCUT2D eigenvalue weighted by Crippen LogP contribution is 2.13. The topological polar surface area (TPSA) is 78.9 Å². The second-order valence-electron chi connectivity index (χ2n) is 14.6. The zero-order valence-electron chi connectivity index (χ0n) is 35.2. The summed E-state index contributed by atoms with van der Waals surface area (Å²) >= 11 is 0. The van der Waals surface area contributed by atoms with Crippen molar-refractivity contribution < 1.29 is 28.6 Å². The van der Waals surface area contributed by atoms with E-state index in [2.05, 4.69) is 69.4 Å². The summed E-state index contributed by atoms with van der Waals surface area (Å²) < 4.78 is 16.6. The lowest BCUT2D eigenvalue weighted by Crippen LogP contribution is -2.30. The van der Waals surface area contributed by atoms with E-state index in [0.717, 1.165) is 70.6 Å². The molecule has 0 aromatic carbocycles. The van der Waals surface area contributed by atoms with Gasteiger partial charge in [0.1, 0.15) is 13.2 Å². The van der Waals surface area contributed by atoms with Crippen LogP contribution in [0.3, 0.4) is 0 Å². The lowest BCUT2D eigenvalue weighted by Gasteiger charge is -2.18. The zero-order chi connectivity index (χ0) is 39.4. The van der Waals surface area contributed by atoms with Crippen LogP contribution in [0, 0.1) is 0 Å². The summed E-state index contributed by atoms with van der Waals surface area (Å²) in [4.78, 5) is 37.6. The van der Waals surface area contributed by atoms with Crippen molar-refractivity contribution in [3.63, 3.8) is 0 Å². The average molecular weight is 755 g/mol. The minimum absolute atomic E-state index is 0.105. The first-order valence-corrected chi connectivity index (χ1v) is 22.3. The second kappa shape index (κ2) is 42.8. The highest BCUT2D eigenvalue weighted by Gasteiger charge is 2.19. The first-order chi connectivity index (χ1) is 26.5. The van der Waals surface area contributed by atoms with Gasteiger partial charge in [0.2, 0.25) is 0 Å². The normalized spacial score (nSPS) is 12.6. The molecule has 0 aliphatic carbocycles. The molecule has 0 saturated carbocycles. The molecule has 0 saturated heterocycles. The van der Waals surface area contributed by atoms with Gasteiger partial charge in [0.25, 0.3) is 0 Å². The van der Waals surface area contributed by atoms with Crippen LogP contribution in [0.15, 0.2) is 60.8 Å². The van der Waals surface area contributed by atoms with Gasteiger partial charge >= 0.3 is 17.9 Å². The van der Waals surface area contributed by atoms with Crippen LogP contribution in [-0.4, -0.2) is 37.2 Å². The second-order valence-corrected chi connectivity index (χ2v) is 14.6. The molecule has 0 N–H and O–H groups in total. The molecular formula is C48H82O6. The van der Waals surface area contributed by atoms with Crippen molar-refractivity contribution in [1.29, 1.82) is 0 Å². The SMILES string of the molecule is CC/C=C\C/C=C\C/C=C\C/C=C\CCC(=O)OC(COC(=O)CCCCCCC/C=C\CCCCCCCC)COC(=O)CCCCCCCCCC. The summed E-state index contributed by atoms with van der Waals surface area (Å²) in [6, 6.07) is 0. The number of allylic oxidation sites excluding steroid dienone is 10. The maximum Gasteiger partial charge on any atom is 0.306 e. The average Bonchev–Trinajstić information content (AvgIpc) is 3.17. The van der Waals surface area contributed by atoms with Gasteiger partial charge in [-0.3, -0.25) is 14.4 Å². The molecule has 0 rings (SSSR count). The van der Waals surface area contributed by atoms with Crippen LogP contribution >= 0.6 is 0 Å². The molecule has 1 unspecified atom stereocenters. The molecule has 0 aromatic rings. The Balaban J connectivity index is 4.45. The van der Waals surface area contributed by atoms with Crippen molar-refractivity contribution in [2.75, 3.05) is 13.2 Å². The van der Waals surface area contributed by atoms with Gasteiger partial charge in [-0.15, -0.1) is 0 Å². The van der Waals surface area contributed by atoms with Gasteiger partial charge in [0, 0.05) is 19.3 Å². The molecule has 0 heterocycles. The fourth-order valence-electron chi connectivity index (χ4n) is 5.92. The Morgan fingerprint density at radius 2 is 0.759 bits per heavy atom. The smallest absolute Gasteiger partial charge is 0.306 e. The monoisotopic (exact) mass is 755 g/mol. The number of rotatable bonds is 39. The van der Waals surface area contributed by atoms with E-state index in [1.165, 1.54) is 89.9 Å². The van der Waals surface area contributed by atoms with E-state index < -0.39 is 12.1 Å². The molecule has 0 amide bonds. The maximum atomic E-state index is 12.6. The van der Waals surface area contributed by atoms with Crippen molar-refractivity contribution in [2.45, 2.75) is 213 Å². The number of unbranched alkanes of at least 4 members (excludes halogenated alkanes) is 18. The molecule has 0 radical (unpaired) electrons. The number of ether oxygens (including phenoxy) is 3. The number of hydrogen-bond acceptors (Lipinski definition) is 6. The van der Waals surface area contributed by atoms with Crippen molar-refractivity contribution >= 4 is 17.9 Å².